The highest BCUT2D eigenvalue weighted by molar-refractivity contribution is 5.95. The number of nitriles is 2. The molecule has 1 aliphatic rings. The van der Waals surface area contributed by atoms with Crippen LogP contribution in [0.15, 0.2) is 60.7 Å². The minimum atomic E-state index is -0.222. The zero-order valence-electron chi connectivity index (χ0n) is 20.1. The van der Waals surface area contributed by atoms with Gasteiger partial charge >= 0.3 is 0 Å². The van der Waals surface area contributed by atoms with Crippen LogP contribution in [0.25, 0.3) is 0 Å². The van der Waals surface area contributed by atoms with Crippen molar-refractivity contribution in [3.8, 4) is 35.4 Å². The Kier molecular flexibility index (Phi) is 8.12. The molecule has 0 spiro atoms. The second kappa shape index (κ2) is 11.8. The van der Waals surface area contributed by atoms with E-state index in [9.17, 15) is 4.79 Å². The molecule has 0 saturated carbocycles. The summed E-state index contributed by atoms with van der Waals surface area (Å²) < 4.78 is 11.8. The summed E-state index contributed by atoms with van der Waals surface area (Å²) in [4.78, 5) is 20.0. The number of carbonyl (C=O) groups excluding carboxylic acids is 1. The number of carbonyl (C=O) groups is 1. The quantitative estimate of drug-likeness (QED) is 0.481. The third kappa shape index (κ3) is 6.59. The molecule has 0 unspecified atom stereocenters. The van der Waals surface area contributed by atoms with E-state index in [0.717, 1.165) is 38.9 Å². The van der Waals surface area contributed by atoms with Gasteiger partial charge in [0.05, 0.1) is 28.8 Å². The Labute approximate surface area is 210 Å². The first-order valence-electron chi connectivity index (χ1n) is 12.0. The monoisotopic (exact) mass is 481 g/mol. The number of benzene rings is 2. The van der Waals surface area contributed by atoms with Crippen LogP contribution in [-0.2, 0) is 0 Å². The molecule has 8 heteroatoms. The number of ether oxygens (including phenoxy) is 2. The second-order valence-electron chi connectivity index (χ2n) is 8.60. The molecule has 1 fully saturated rings. The van der Waals surface area contributed by atoms with E-state index in [1.165, 1.54) is 0 Å². The van der Waals surface area contributed by atoms with Crippen LogP contribution in [0.5, 0.6) is 23.3 Å². The summed E-state index contributed by atoms with van der Waals surface area (Å²) in [5, 5.41) is 21.2. The molecule has 0 bridgehead atoms. The number of nitrogens with zero attached hydrogens (tertiary/aromatic N) is 4. The number of aromatic nitrogens is 1. The molecule has 8 nitrogen and oxygen atoms in total. The Morgan fingerprint density at radius 3 is 1.89 bits per heavy atom. The molecule has 1 saturated heterocycles. The molecule has 2 heterocycles. The minimum Gasteiger partial charge on any atom is -0.439 e. The van der Waals surface area contributed by atoms with Gasteiger partial charge in [-0.1, -0.05) is 6.92 Å². The van der Waals surface area contributed by atoms with Crippen LogP contribution >= 0.6 is 0 Å². The van der Waals surface area contributed by atoms with Crippen molar-refractivity contribution in [3.05, 3.63) is 77.4 Å². The lowest BCUT2D eigenvalue weighted by atomic mass is 10.0. The highest BCUT2D eigenvalue weighted by Gasteiger charge is 2.22. The number of piperidine rings is 1. The first-order valence-corrected chi connectivity index (χ1v) is 12.0. The van der Waals surface area contributed by atoms with Crippen LogP contribution in [0.1, 0.15) is 47.7 Å². The topological polar surface area (TPSA) is 111 Å². The molecule has 36 heavy (non-hydrogen) atoms. The maximum atomic E-state index is 13.2. The van der Waals surface area contributed by atoms with Crippen LogP contribution < -0.4 is 14.8 Å². The summed E-state index contributed by atoms with van der Waals surface area (Å²) in [7, 11) is 0. The molecule has 2 aromatic carbocycles. The normalized spacial score (nSPS) is 13.9. The molecule has 1 aromatic heterocycles. The van der Waals surface area contributed by atoms with Crippen molar-refractivity contribution in [3.63, 3.8) is 0 Å². The van der Waals surface area contributed by atoms with E-state index in [-0.39, 0.29) is 23.7 Å². The predicted molar refractivity (Wildman–Crippen MR) is 134 cm³/mol. The maximum Gasteiger partial charge on any atom is 0.251 e. The molecule has 4 rings (SSSR count). The van der Waals surface area contributed by atoms with E-state index >= 15 is 0 Å². The lowest BCUT2D eigenvalue weighted by molar-refractivity contribution is 0.0910. The van der Waals surface area contributed by atoms with Crippen molar-refractivity contribution >= 4 is 5.91 Å². The zero-order valence-corrected chi connectivity index (χ0v) is 20.1. The third-order valence-electron chi connectivity index (χ3n) is 5.91. The predicted octanol–water partition coefficient (Wildman–Crippen LogP) is 5.01. The van der Waals surface area contributed by atoms with Gasteiger partial charge < -0.3 is 19.7 Å². The summed E-state index contributed by atoms with van der Waals surface area (Å²) >= 11 is 0. The number of nitrogens with one attached hydrogen (secondary N) is 1. The Morgan fingerprint density at radius 2 is 1.44 bits per heavy atom. The van der Waals surface area contributed by atoms with Crippen molar-refractivity contribution in [1.82, 2.24) is 15.2 Å². The van der Waals surface area contributed by atoms with Gasteiger partial charge in [-0.15, -0.1) is 0 Å². The SMILES string of the molecule is CCCN1CCC(NC(=O)c2cc(Oc3ccc(C#N)cc3)nc(Oc3ccc(C#N)cc3)c2)CC1. The standard InChI is InChI=1S/C28H27N5O3/c1-2-13-33-14-11-23(12-15-33)31-28(34)22-16-26(35-24-7-3-20(18-29)4-8-24)32-27(17-22)36-25-9-5-21(19-30)6-10-25/h3-10,16-17,23H,2,11-15H2,1H3,(H,31,34). The molecule has 1 N–H and O–H groups in total. The third-order valence-corrected chi connectivity index (χ3v) is 5.91. The van der Waals surface area contributed by atoms with Gasteiger partial charge in [0.2, 0.25) is 11.8 Å². The highest BCUT2D eigenvalue weighted by atomic mass is 16.5. The van der Waals surface area contributed by atoms with E-state index in [0.29, 0.717) is 28.2 Å². The average molecular weight is 482 g/mol. The van der Waals surface area contributed by atoms with Gasteiger partial charge in [-0.3, -0.25) is 4.79 Å². The summed E-state index contributed by atoms with van der Waals surface area (Å²) in [6, 6.07) is 20.6. The van der Waals surface area contributed by atoms with Crippen molar-refractivity contribution < 1.29 is 14.3 Å². The lowest BCUT2D eigenvalue weighted by Gasteiger charge is -2.32. The molecule has 182 valence electrons. The van der Waals surface area contributed by atoms with Gasteiger partial charge in [0.1, 0.15) is 11.5 Å². The fraction of sp³-hybridized carbons (Fsp3) is 0.286. The fourth-order valence-electron chi connectivity index (χ4n) is 4.04. The summed E-state index contributed by atoms with van der Waals surface area (Å²) in [5.41, 5.74) is 1.39. The average Bonchev–Trinajstić information content (AvgIpc) is 2.91. The minimum absolute atomic E-state index is 0.101. The summed E-state index contributed by atoms with van der Waals surface area (Å²) in [5.74, 6) is 1.11. The van der Waals surface area contributed by atoms with Crippen LogP contribution in [-0.4, -0.2) is 41.5 Å². The second-order valence-corrected chi connectivity index (χ2v) is 8.60. The van der Waals surface area contributed by atoms with Crippen molar-refractivity contribution in [1.29, 1.82) is 10.5 Å². The number of hydrogen-bond acceptors (Lipinski definition) is 7. The number of amides is 1. The van der Waals surface area contributed by atoms with E-state index in [1.807, 2.05) is 0 Å². The van der Waals surface area contributed by atoms with E-state index in [1.54, 1.807) is 60.7 Å². The molecule has 1 amide bonds. The molecule has 0 radical (unpaired) electrons. The van der Waals surface area contributed by atoms with Gasteiger partial charge in [-0.2, -0.15) is 15.5 Å². The molecule has 1 aliphatic heterocycles. The molecule has 0 atom stereocenters. The van der Waals surface area contributed by atoms with Crippen LogP contribution in [0.4, 0.5) is 0 Å². The van der Waals surface area contributed by atoms with Gasteiger partial charge in [-0.25, -0.2) is 0 Å². The van der Waals surface area contributed by atoms with Gasteiger partial charge in [0.15, 0.2) is 0 Å². The van der Waals surface area contributed by atoms with E-state index in [2.05, 4.69) is 34.3 Å². The largest absolute Gasteiger partial charge is 0.439 e. The molecule has 0 aliphatic carbocycles. The first kappa shape index (κ1) is 24.7. The van der Waals surface area contributed by atoms with Gasteiger partial charge in [0.25, 0.3) is 5.91 Å². The molecule has 3 aromatic rings. The molecular weight excluding hydrogens is 454 g/mol. The van der Waals surface area contributed by atoms with Crippen LogP contribution in [0.2, 0.25) is 0 Å². The number of hydrogen-bond donors (Lipinski definition) is 1. The van der Waals surface area contributed by atoms with Gasteiger partial charge in [0, 0.05) is 31.3 Å². The summed E-state index contributed by atoms with van der Waals surface area (Å²) in [6.07, 6.45) is 2.93. The number of rotatable bonds is 8. The van der Waals surface area contributed by atoms with E-state index in [4.69, 9.17) is 20.0 Å². The Hall–Kier alpha value is -4.40. The highest BCUT2D eigenvalue weighted by Crippen LogP contribution is 2.27. The first-order chi connectivity index (χ1) is 17.6. The molecular formula is C28H27N5O3. The van der Waals surface area contributed by atoms with Crippen molar-refractivity contribution in [2.75, 3.05) is 19.6 Å². The zero-order chi connectivity index (χ0) is 25.3. The lowest BCUT2D eigenvalue weighted by Crippen LogP contribution is -2.44. The Balaban J connectivity index is 1.54. The van der Waals surface area contributed by atoms with Crippen LogP contribution in [0.3, 0.4) is 0 Å². The van der Waals surface area contributed by atoms with Crippen LogP contribution in [0, 0.1) is 22.7 Å². The van der Waals surface area contributed by atoms with E-state index < -0.39 is 0 Å². The van der Waals surface area contributed by atoms with Crippen molar-refractivity contribution in [2.24, 2.45) is 0 Å². The number of pyridine rings is 1. The van der Waals surface area contributed by atoms with Gasteiger partial charge in [-0.05, 0) is 74.3 Å². The van der Waals surface area contributed by atoms with Crippen molar-refractivity contribution in [2.45, 2.75) is 32.2 Å². The Morgan fingerprint density at radius 1 is 0.944 bits per heavy atom. The Bertz CT molecular complexity index is 1190. The maximum absolute atomic E-state index is 13.2. The smallest absolute Gasteiger partial charge is 0.251 e. The summed E-state index contributed by atoms with van der Waals surface area (Å²) in [6.45, 7) is 5.19. The number of likely N-dealkylation sites (tertiary alicyclic amines) is 1. The fourth-order valence-corrected chi connectivity index (χ4v) is 4.04.